The summed E-state index contributed by atoms with van der Waals surface area (Å²) in [5, 5.41) is 8.84. The van der Waals surface area contributed by atoms with Crippen LogP contribution in [0.2, 0.25) is 0 Å². The number of hydrogen-bond acceptors (Lipinski definition) is 3. The minimum atomic E-state index is -0.834. The number of pyridine rings is 1. The van der Waals surface area contributed by atoms with Gasteiger partial charge < -0.3 is 10.0 Å². The van der Waals surface area contributed by atoms with Crippen molar-refractivity contribution in [1.82, 2.24) is 9.88 Å². The third-order valence-corrected chi connectivity index (χ3v) is 3.48. The van der Waals surface area contributed by atoms with Crippen LogP contribution in [-0.2, 0) is 16.0 Å². The van der Waals surface area contributed by atoms with Gasteiger partial charge in [-0.2, -0.15) is 0 Å². The van der Waals surface area contributed by atoms with Gasteiger partial charge in [0.15, 0.2) is 0 Å². The molecule has 2 heterocycles. The van der Waals surface area contributed by atoms with Gasteiger partial charge in [-0.25, -0.2) is 0 Å². The molecule has 1 saturated heterocycles. The largest absolute Gasteiger partial charge is 0.481 e. The van der Waals surface area contributed by atoms with Crippen molar-refractivity contribution in [3.8, 4) is 0 Å². The first-order valence-electron chi connectivity index (χ1n) is 6.57. The van der Waals surface area contributed by atoms with Crippen LogP contribution in [-0.4, -0.2) is 39.5 Å². The van der Waals surface area contributed by atoms with Gasteiger partial charge in [0.1, 0.15) is 0 Å². The Balaban J connectivity index is 1.87. The topological polar surface area (TPSA) is 70.5 Å². The number of rotatable bonds is 5. The van der Waals surface area contributed by atoms with Crippen molar-refractivity contribution in [2.45, 2.75) is 38.1 Å². The minimum Gasteiger partial charge on any atom is -0.481 e. The van der Waals surface area contributed by atoms with Crippen molar-refractivity contribution >= 4 is 11.9 Å². The molecule has 2 rings (SSSR count). The quantitative estimate of drug-likeness (QED) is 0.872. The average molecular weight is 262 g/mol. The molecule has 1 amide bonds. The highest BCUT2D eigenvalue weighted by Crippen LogP contribution is 2.21. The Morgan fingerprint density at radius 2 is 2.11 bits per heavy atom. The number of carboxylic acids is 1. The molecule has 102 valence electrons. The summed E-state index contributed by atoms with van der Waals surface area (Å²) in [4.78, 5) is 28.6. The number of amides is 1. The molecule has 1 fully saturated rings. The number of carboxylic acid groups (broad SMARTS) is 1. The summed E-state index contributed by atoms with van der Waals surface area (Å²) in [6.07, 6.45) is 6.29. The number of aliphatic carboxylic acids is 1. The zero-order chi connectivity index (χ0) is 13.7. The second-order valence-electron chi connectivity index (χ2n) is 4.84. The van der Waals surface area contributed by atoms with E-state index in [2.05, 4.69) is 4.98 Å². The fraction of sp³-hybridized carbons (Fsp3) is 0.500. The summed E-state index contributed by atoms with van der Waals surface area (Å²) >= 11 is 0. The number of aryl methyl sites for hydroxylation is 1. The first-order chi connectivity index (χ1) is 9.16. The van der Waals surface area contributed by atoms with Crippen molar-refractivity contribution in [3.05, 3.63) is 30.1 Å². The van der Waals surface area contributed by atoms with E-state index in [-0.39, 0.29) is 18.4 Å². The molecular formula is C14H18N2O3. The number of hydrogen-bond donors (Lipinski definition) is 1. The van der Waals surface area contributed by atoms with Crippen LogP contribution >= 0.6 is 0 Å². The van der Waals surface area contributed by atoms with Crippen LogP contribution in [0, 0.1) is 0 Å². The third-order valence-electron chi connectivity index (χ3n) is 3.48. The lowest BCUT2D eigenvalue weighted by Crippen LogP contribution is -2.36. The number of carbonyl (C=O) groups excluding carboxylic acids is 1. The molecule has 1 N–H and O–H groups in total. The highest BCUT2D eigenvalue weighted by atomic mass is 16.4. The van der Waals surface area contributed by atoms with Gasteiger partial charge in [0.2, 0.25) is 5.91 Å². The Labute approximate surface area is 112 Å². The maximum absolute atomic E-state index is 12.1. The SMILES string of the molecule is O=C(O)CC1CCCN1C(=O)CCc1ccncc1. The molecule has 0 aliphatic carbocycles. The molecule has 0 radical (unpaired) electrons. The van der Waals surface area contributed by atoms with Crippen LogP contribution < -0.4 is 0 Å². The summed E-state index contributed by atoms with van der Waals surface area (Å²) in [6.45, 7) is 0.688. The standard InChI is InChI=1S/C14H18N2O3/c17-13(4-3-11-5-7-15-8-6-11)16-9-1-2-12(16)10-14(18)19/h5-8,12H,1-4,9-10H2,(H,18,19). The fourth-order valence-electron chi connectivity index (χ4n) is 2.52. The monoisotopic (exact) mass is 262 g/mol. The van der Waals surface area contributed by atoms with Crippen molar-refractivity contribution in [2.75, 3.05) is 6.54 Å². The van der Waals surface area contributed by atoms with Crippen molar-refractivity contribution in [1.29, 1.82) is 0 Å². The lowest BCUT2D eigenvalue weighted by atomic mass is 10.1. The smallest absolute Gasteiger partial charge is 0.305 e. The van der Waals surface area contributed by atoms with E-state index in [1.165, 1.54) is 0 Å². The van der Waals surface area contributed by atoms with Gasteiger partial charge in [0.05, 0.1) is 6.42 Å². The van der Waals surface area contributed by atoms with E-state index in [4.69, 9.17) is 5.11 Å². The third kappa shape index (κ3) is 3.77. The first-order valence-corrected chi connectivity index (χ1v) is 6.57. The van der Waals surface area contributed by atoms with Crippen LogP contribution in [0.1, 0.15) is 31.2 Å². The van der Waals surface area contributed by atoms with Gasteiger partial charge in [-0.15, -0.1) is 0 Å². The number of aromatic nitrogens is 1. The zero-order valence-corrected chi connectivity index (χ0v) is 10.8. The van der Waals surface area contributed by atoms with Gasteiger partial charge in [-0.05, 0) is 37.0 Å². The summed E-state index contributed by atoms with van der Waals surface area (Å²) < 4.78 is 0. The lowest BCUT2D eigenvalue weighted by molar-refractivity contribution is -0.139. The molecule has 1 aromatic rings. The molecule has 1 aromatic heterocycles. The molecule has 0 spiro atoms. The number of likely N-dealkylation sites (tertiary alicyclic amines) is 1. The van der Waals surface area contributed by atoms with Crippen LogP contribution in [0.4, 0.5) is 0 Å². The van der Waals surface area contributed by atoms with E-state index in [1.807, 2.05) is 12.1 Å². The summed E-state index contributed by atoms with van der Waals surface area (Å²) in [5.41, 5.74) is 1.08. The second-order valence-corrected chi connectivity index (χ2v) is 4.84. The number of nitrogens with zero attached hydrogens (tertiary/aromatic N) is 2. The molecule has 0 bridgehead atoms. The molecule has 0 saturated carbocycles. The van der Waals surface area contributed by atoms with E-state index in [0.29, 0.717) is 19.4 Å². The van der Waals surface area contributed by atoms with E-state index in [9.17, 15) is 9.59 Å². The van der Waals surface area contributed by atoms with E-state index in [0.717, 1.165) is 18.4 Å². The maximum Gasteiger partial charge on any atom is 0.305 e. The predicted octanol–water partition coefficient (Wildman–Crippen LogP) is 1.48. The van der Waals surface area contributed by atoms with Crippen molar-refractivity contribution < 1.29 is 14.7 Å². The minimum absolute atomic E-state index is 0.0561. The molecule has 0 aromatic carbocycles. The first kappa shape index (κ1) is 13.5. The predicted molar refractivity (Wildman–Crippen MR) is 69.5 cm³/mol. The average Bonchev–Trinajstić information content (AvgIpc) is 2.84. The lowest BCUT2D eigenvalue weighted by Gasteiger charge is -2.23. The molecule has 5 heteroatoms. The van der Waals surface area contributed by atoms with Crippen LogP contribution in [0.25, 0.3) is 0 Å². The van der Waals surface area contributed by atoms with Crippen molar-refractivity contribution in [2.24, 2.45) is 0 Å². The fourth-order valence-corrected chi connectivity index (χ4v) is 2.52. The Kier molecular flexibility index (Phi) is 4.49. The Bertz CT molecular complexity index is 447. The Hall–Kier alpha value is -1.91. The van der Waals surface area contributed by atoms with E-state index in [1.54, 1.807) is 17.3 Å². The molecule has 19 heavy (non-hydrogen) atoms. The molecule has 5 nitrogen and oxygen atoms in total. The van der Waals surface area contributed by atoms with Crippen LogP contribution in [0.3, 0.4) is 0 Å². The van der Waals surface area contributed by atoms with Gasteiger partial charge in [-0.1, -0.05) is 0 Å². The summed E-state index contributed by atoms with van der Waals surface area (Å²) in [6, 6.07) is 3.67. The van der Waals surface area contributed by atoms with Gasteiger partial charge in [0.25, 0.3) is 0 Å². The Morgan fingerprint density at radius 3 is 2.79 bits per heavy atom. The van der Waals surface area contributed by atoms with Gasteiger partial charge in [0, 0.05) is 31.4 Å². The molecule has 1 aliphatic heterocycles. The summed E-state index contributed by atoms with van der Waals surface area (Å²) in [7, 11) is 0. The van der Waals surface area contributed by atoms with Gasteiger partial charge >= 0.3 is 5.97 Å². The highest BCUT2D eigenvalue weighted by Gasteiger charge is 2.29. The second kappa shape index (κ2) is 6.31. The normalized spacial score (nSPS) is 18.5. The van der Waals surface area contributed by atoms with E-state index < -0.39 is 5.97 Å². The Morgan fingerprint density at radius 1 is 1.37 bits per heavy atom. The van der Waals surface area contributed by atoms with Crippen molar-refractivity contribution in [3.63, 3.8) is 0 Å². The highest BCUT2D eigenvalue weighted by molar-refractivity contribution is 5.78. The molecule has 1 atom stereocenters. The summed E-state index contributed by atoms with van der Waals surface area (Å²) in [5.74, 6) is -0.778. The zero-order valence-electron chi connectivity index (χ0n) is 10.8. The van der Waals surface area contributed by atoms with Crippen LogP contribution in [0.5, 0.6) is 0 Å². The molecular weight excluding hydrogens is 244 g/mol. The maximum atomic E-state index is 12.1. The van der Waals surface area contributed by atoms with Gasteiger partial charge in [-0.3, -0.25) is 14.6 Å². The number of carbonyl (C=O) groups is 2. The molecule has 1 unspecified atom stereocenters. The van der Waals surface area contributed by atoms with Crippen LogP contribution in [0.15, 0.2) is 24.5 Å². The van der Waals surface area contributed by atoms with E-state index >= 15 is 0 Å². The molecule has 1 aliphatic rings.